The molecule has 0 fully saturated rings. The highest BCUT2D eigenvalue weighted by molar-refractivity contribution is 5.93. The maximum Gasteiger partial charge on any atom is 0.441 e. The van der Waals surface area contributed by atoms with Gasteiger partial charge < -0.3 is 16.2 Å². The molecule has 5 N–H and O–H groups in total. The van der Waals surface area contributed by atoms with E-state index in [0.29, 0.717) is 5.69 Å². The number of carbonyl (C=O) groups is 2. The fourth-order valence-electron chi connectivity index (χ4n) is 1.55. The molecule has 21 heavy (non-hydrogen) atoms. The van der Waals surface area contributed by atoms with E-state index in [9.17, 15) is 14.8 Å². The van der Waals surface area contributed by atoms with Crippen molar-refractivity contribution in [3.63, 3.8) is 0 Å². The molecular weight excluding hydrogens is 274 g/mol. The summed E-state index contributed by atoms with van der Waals surface area (Å²) in [7, 11) is 0. The first-order chi connectivity index (χ1) is 9.60. The number of rotatable bonds is 3. The second-order valence-corrected chi connectivity index (χ2v) is 5.68. The fraction of sp³-hybridized carbons (Fsp3) is 0.429. The molecule has 1 aromatic rings. The summed E-state index contributed by atoms with van der Waals surface area (Å²) in [6.07, 6.45) is -0.987. The van der Waals surface area contributed by atoms with E-state index in [-0.39, 0.29) is 11.5 Å². The van der Waals surface area contributed by atoms with Crippen LogP contribution in [0.3, 0.4) is 0 Å². The zero-order chi connectivity index (χ0) is 16.2. The highest BCUT2D eigenvalue weighted by Gasteiger charge is 2.29. The summed E-state index contributed by atoms with van der Waals surface area (Å²) in [5.74, 6) is -0.930. The van der Waals surface area contributed by atoms with E-state index < -0.39 is 23.6 Å². The minimum atomic E-state index is -1.15. The topological polar surface area (TPSA) is 119 Å². The van der Waals surface area contributed by atoms with E-state index >= 15 is 0 Å². The van der Waals surface area contributed by atoms with Crippen LogP contribution in [0.15, 0.2) is 24.3 Å². The van der Waals surface area contributed by atoms with Gasteiger partial charge in [-0.05, 0) is 44.9 Å². The molecule has 0 bridgehead atoms. The molecular formula is C14H21N3O4. The molecule has 0 heterocycles. The van der Waals surface area contributed by atoms with Crippen LogP contribution < -0.4 is 11.5 Å². The predicted octanol–water partition coefficient (Wildman–Crippen LogP) is 1.29. The van der Waals surface area contributed by atoms with E-state index in [4.69, 9.17) is 16.2 Å². The van der Waals surface area contributed by atoms with Gasteiger partial charge in [0.1, 0.15) is 5.60 Å². The molecule has 1 rings (SSSR count). The lowest BCUT2D eigenvalue weighted by molar-refractivity contribution is -0.161. The standard InChI is InChI=1S/C14H21N3O4/c1-14(2,3)21-13(19)17(20)12(18)11(16)8-9-4-6-10(15)7-5-9/h4-7,11,20H,8,15-16H2,1-3H3/t11-/m0/s1. The van der Waals surface area contributed by atoms with Crippen LogP contribution in [0, 0.1) is 0 Å². The quantitative estimate of drug-likeness (QED) is 0.439. The van der Waals surface area contributed by atoms with Crippen molar-refractivity contribution in [3.05, 3.63) is 29.8 Å². The average Bonchev–Trinajstić information content (AvgIpc) is 2.37. The van der Waals surface area contributed by atoms with Gasteiger partial charge in [0, 0.05) is 5.69 Å². The normalized spacial score (nSPS) is 12.6. The summed E-state index contributed by atoms with van der Waals surface area (Å²) in [4.78, 5) is 23.4. The highest BCUT2D eigenvalue weighted by atomic mass is 16.6. The monoisotopic (exact) mass is 295 g/mol. The Bertz CT molecular complexity index is 508. The molecule has 7 heteroatoms. The van der Waals surface area contributed by atoms with Gasteiger partial charge in [-0.3, -0.25) is 10.0 Å². The van der Waals surface area contributed by atoms with E-state index in [1.54, 1.807) is 45.0 Å². The number of imide groups is 1. The molecule has 0 aliphatic carbocycles. The summed E-state index contributed by atoms with van der Waals surface area (Å²) < 4.78 is 4.88. The number of nitrogen functional groups attached to an aromatic ring is 1. The molecule has 0 spiro atoms. The Balaban J connectivity index is 2.65. The minimum absolute atomic E-state index is 0.0901. The van der Waals surface area contributed by atoms with Gasteiger partial charge in [0.2, 0.25) is 0 Å². The molecule has 116 valence electrons. The molecule has 1 aromatic carbocycles. The zero-order valence-electron chi connectivity index (χ0n) is 12.4. The Labute approximate surface area is 123 Å². The van der Waals surface area contributed by atoms with Gasteiger partial charge in [-0.15, -0.1) is 5.06 Å². The van der Waals surface area contributed by atoms with Crippen LogP contribution in [0.1, 0.15) is 26.3 Å². The van der Waals surface area contributed by atoms with E-state index in [1.807, 2.05) is 0 Å². The Morgan fingerprint density at radius 3 is 2.29 bits per heavy atom. The molecule has 7 nitrogen and oxygen atoms in total. The van der Waals surface area contributed by atoms with Crippen LogP contribution in [0.2, 0.25) is 0 Å². The summed E-state index contributed by atoms with van der Waals surface area (Å²) in [6, 6.07) is 5.73. The number of ether oxygens (including phenoxy) is 1. The van der Waals surface area contributed by atoms with Crippen LogP contribution in [0.5, 0.6) is 0 Å². The maximum atomic E-state index is 11.9. The van der Waals surface area contributed by atoms with Gasteiger partial charge in [-0.2, -0.15) is 0 Å². The van der Waals surface area contributed by atoms with Gasteiger partial charge in [0.25, 0.3) is 5.91 Å². The van der Waals surface area contributed by atoms with Crippen LogP contribution >= 0.6 is 0 Å². The Kier molecular flexibility index (Phi) is 5.28. The summed E-state index contributed by atoms with van der Waals surface area (Å²) in [5.41, 5.74) is 11.8. The first kappa shape index (κ1) is 16.9. The highest BCUT2D eigenvalue weighted by Crippen LogP contribution is 2.11. The number of nitrogens with zero attached hydrogens (tertiary/aromatic N) is 1. The lowest BCUT2D eigenvalue weighted by Gasteiger charge is -2.23. The number of amides is 2. The number of hydrogen-bond donors (Lipinski definition) is 3. The number of hydroxylamine groups is 2. The van der Waals surface area contributed by atoms with Gasteiger partial charge in [0.15, 0.2) is 0 Å². The third-order valence-corrected chi connectivity index (χ3v) is 2.53. The Hall–Kier alpha value is -2.12. The predicted molar refractivity (Wildman–Crippen MR) is 77.4 cm³/mol. The van der Waals surface area contributed by atoms with Crippen molar-refractivity contribution < 1.29 is 19.5 Å². The molecule has 0 saturated carbocycles. The minimum Gasteiger partial charge on any atom is -0.442 e. The summed E-state index contributed by atoms with van der Waals surface area (Å²) in [5, 5.41) is 9.46. The van der Waals surface area contributed by atoms with Crippen molar-refractivity contribution >= 4 is 17.7 Å². The number of nitrogens with two attached hydrogens (primary N) is 2. The van der Waals surface area contributed by atoms with Gasteiger partial charge >= 0.3 is 6.09 Å². The molecule has 0 aromatic heterocycles. The van der Waals surface area contributed by atoms with E-state index in [1.165, 1.54) is 0 Å². The SMILES string of the molecule is CC(C)(C)OC(=O)N(O)C(=O)[C@@H](N)Cc1ccc(N)cc1. The number of anilines is 1. The Morgan fingerprint density at radius 2 is 1.81 bits per heavy atom. The maximum absolute atomic E-state index is 11.9. The molecule has 0 saturated heterocycles. The summed E-state index contributed by atoms with van der Waals surface area (Å²) in [6.45, 7) is 4.87. The van der Waals surface area contributed by atoms with Gasteiger partial charge in [-0.25, -0.2) is 4.79 Å². The first-order valence-corrected chi connectivity index (χ1v) is 6.46. The van der Waals surface area contributed by atoms with E-state index in [0.717, 1.165) is 5.56 Å². The van der Waals surface area contributed by atoms with Crippen LogP contribution in [0.25, 0.3) is 0 Å². The van der Waals surface area contributed by atoms with Crippen molar-refractivity contribution in [2.24, 2.45) is 5.73 Å². The summed E-state index contributed by atoms with van der Waals surface area (Å²) >= 11 is 0. The zero-order valence-corrected chi connectivity index (χ0v) is 12.4. The van der Waals surface area contributed by atoms with Gasteiger partial charge in [0.05, 0.1) is 6.04 Å². The van der Waals surface area contributed by atoms with Crippen molar-refractivity contribution in [2.75, 3.05) is 5.73 Å². The van der Waals surface area contributed by atoms with Crippen molar-refractivity contribution in [1.82, 2.24) is 5.06 Å². The molecule has 1 atom stereocenters. The van der Waals surface area contributed by atoms with Crippen molar-refractivity contribution in [1.29, 1.82) is 0 Å². The third-order valence-electron chi connectivity index (χ3n) is 2.53. The lowest BCUT2D eigenvalue weighted by atomic mass is 10.1. The van der Waals surface area contributed by atoms with Crippen LogP contribution in [0.4, 0.5) is 10.5 Å². The fourth-order valence-corrected chi connectivity index (χ4v) is 1.55. The molecule has 0 aliphatic rings. The van der Waals surface area contributed by atoms with Crippen LogP contribution in [-0.2, 0) is 16.0 Å². The number of benzene rings is 1. The number of carbonyl (C=O) groups excluding carboxylic acids is 2. The Morgan fingerprint density at radius 1 is 1.29 bits per heavy atom. The molecule has 0 unspecified atom stereocenters. The second kappa shape index (κ2) is 6.55. The average molecular weight is 295 g/mol. The smallest absolute Gasteiger partial charge is 0.441 e. The second-order valence-electron chi connectivity index (χ2n) is 5.68. The lowest BCUT2D eigenvalue weighted by Crippen LogP contribution is -2.47. The van der Waals surface area contributed by atoms with E-state index in [2.05, 4.69) is 0 Å². The van der Waals surface area contributed by atoms with Crippen molar-refractivity contribution in [3.8, 4) is 0 Å². The first-order valence-electron chi connectivity index (χ1n) is 6.46. The molecule has 0 aliphatic heterocycles. The largest absolute Gasteiger partial charge is 0.442 e. The van der Waals surface area contributed by atoms with Gasteiger partial charge in [-0.1, -0.05) is 12.1 Å². The van der Waals surface area contributed by atoms with Crippen LogP contribution in [-0.4, -0.2) is 33.9 Å². The third kappa shape index (κ3) is 5.41. The number of hydrogen-bond acceptors (Lipinski definition) is 6. The van der Waals surface area contributed by atoms with Crippen molar-refractivity contribution in [2.45, 2.75) is 38.8 Å². The molecule has 0 radical (unpaired) electrons. The molecule has 2 amide bonds.